The van der Waals surface area contributed by atoms with Gasteiger partial charge in [0.2, 0.25) is 5.75 Å². The van der Waals surface area contributed by atoms with Crippen molar-refractivity contribution in [2.75, 3.05) is 21.3 Å². The number of nitrogens with zero attached hydrogens (tertiary/aromatic N) is 1. The SMILES string of the molecule is COc1ccc(C(N)c2cccnc2)c(OC)c1OC. The van der Waals surface area contributed by atoms with Gasteiger partial charge in [-0.25, -0.2) is 0 Å². The molecule has 0 aliphatic carbocycles. The highest BCUT2D eigenvalue weighted by Crippen LogP contribution is 2.42. The number of pyridine rings is 1. The number of nitrogens with two attached hydrogens (primary N) is 1. The summed E-state index contributed by atoms with van der Waals surface area (Å²) < 4.78 is 16.1. The van der Waals surface area contributed by atoms with Gasteiger partial charge in [-0.1, -0.05) is 6.07 Å². The molecule has 1 aromatic carbocycles. The zero-order valence-corrected chi connectivity index (χ0v) is 11.8. The Morgan fingerprint density at radius 1 is 1.00 bits per heavy atom. The summed E-state index contributed by atoms with van der Waals surface area (Å²) in [5.41, 5.74) is 8.01. The molecular formula is C15H18N2O3. The van der Waals surface area contributed by atoms with Crippen LogP contribution in [0.25, 0.3) is 0 Å². The van der Waals surface area contributed by atoms with E-state index < -0.39 is 0 Å². The van der Waals surface area contributed by atoms with Crippen molar-refractivity contribution >= 4 is 0 Å². The summed E-state index contributed by atoms with van der Waals surface area (Å²) in [6.07, 6.45) is 3.45. The number of rotatable bonds is 5. The van der Waals surface area contributed by atoms with Crippen molar-refractivity contribution in [1.29, 1.82) is 0 Å². The summed E-state index contributed by atoms with van der Waals surface area (Å²) in [6.45, 7) is 0. The molecule has 0 aliphatic heterocycles. The molecule has 0 spiro atoms. The summed E-state index contributed by atoms with van der Waals surface area (Å²) in [6, 6.07) is 7.11. The van der Waals surface area contributed by atoms with Crippen molar-refractivity contribution in [2.24, 2.45) is 5.73 Å². The van der Waals surface area contributed by atoms with Crippen molar-refractivity contribution in [3.05, 3.63) is 47.8 Å². The fourth-order valence-electron chi connectivity index (χ4n) is 2.11. The van der Waals surface area contributed by atoms with Crippen LogP contribution in [0.1, 0.15) is 17.2 Å². The van der Waals surface area contributed by atoms with E-state index in [-0.39, 0.29) is 6.04 Å². The van der Waals surface area contributed by atoms with Crippen LogP contribution in [0.2, 0.25) is 0 Å². The first-order valence-electron chi connectivity index (χ1n) is 6.17. The molecule has 2 rings (SSSR count). The molecule has 2 N–H and O–H groups in total. The summed E-state index contributed by atoms with van der Waals surface area (Å²) in [7, 11) is 4.73. The van der Waals surface area contributed by atoms with Gasteiger partial charge in [-0.2, -0.15) is 0 Å². The van der Waals surface area contributed by atoms with Gasteiger partial charge >= 0.3 is 0 Å². The first-order chi connectivity index (χ1) is 9.72. The quantitative estimate of drug-likeness (QED) is 0.905. The minimum absolute atomic E-state index is 0.349. The molecule has 2 aromatic rings. The van der Waals surface area contributed by atoms with Crippen molar-refractivity contribution in [1.82, 2.24) is 4.98 Å². The summed E-state index contributed by atoms with van der Waals surface area (Å²) in [5, 5.41) is 0. The zero-order valence-electron chi connectivity index (χ0n) is 11.8. The Bertz CT molecular complexity index is 573. The maximum absolute atomic E-state index is 6.29. The van der Waals surface area contributed by atoms with Gasteiger partial charge in [0.1, 0.15) is 0 Å². The van der Waals surface area contributed by atoms with E-state index in [1.54, 1.807) is 33.7 Å². The van der Waals surface area contributed by atoms with Gasteiger partial charge < -0.3 is 19.9 Å². The number of hydrogen-bond acceptors (Lipinski definition) is 5. The maximum atomic E-state index is 6.29. The van der Waals surface area contributed by atoms with E-state index in [0.717, 1.165) is 11.1 Å². The molecule has 1 unspecified atom stereocenters. The third-order valence-electron chi connectivity index (χ3n) is 3.11. The molecule has 1 atom stereocenters. The van der Waals surface area contributed by atoms with Gasteiger partial charge in [0.25, 0.3) is 0 Å². The van der Waals surface area contributed by atoms with E-state index in [0.29, 0.717) is 17.2 Å². The molecule has 5 heteroatoms. The normalized spacial score (nSPS) is 11.8. The lowest BCUT2D eigenvalue weighted by Crippen LogP contribution is -2.14. The molecule has 0 fully saturated rings. The Morgan fingerprint density at radius 2 is 1.75 bits per heavy atom. The molecule has 20 heavy (non-hydrogen) atoms. The van der Waals surface area contributed by atoms with Crippen LogP contribution in [0.5, 0.6) is 17.2 Å². The zero-order chi connectivity index (χ0) is 14.5. The predicted molar refractivity (Wildman–Crippen MR) is 76.4 cm³/mol. The van der Waals surface area contributed by atoms with Crippen molar-refractivity contribution < 1.29 is 14.2 Å². The Kier molecular flexibility index (Phi) is 4.42. The summed E-state index contributed by atoms with van der Waals surface area (Å²) >= 11 is 0. The van der Waals surface area contributed by atoms with Gasteiger partial charge in [0, 0.05) is 18.0 Å². The van der Waals surface area contributed by atoms with E-state index in [1.807, 2.05) is 24.3 Å². The average Bonchev–Trinajstić information content (AvgIpc) is 2.53. The van der Waals surface area contributed by atoms with Gasteiger partial charge in [0.05, 0.1) is 27.4 Å². The van der Waals surface area contributed by atoms with Crippen molar-refractivity contribution in [3.8, 4) is 17.2 Å². The third kappa shape index (κ3) is 2.53. The fraction of sp³-hybridized carbons (Fsp3) is 0.267. The molecule has 0 bridgehead atoms. The molecular weight excluding hydrogens is 256 g/mol. The van der Waals surface area contributed by atoms with Crippen LogP contribution in [-0.2, 0) is 0 Å². The average molecular weight is 274 g/mol. The topological polar surface area (TPSA) is 66.6 Å². The number of methoxy groups -OCH3 is 3. The first-order valence-corrected chi connectivity index (χ1v) is 6.17. The highest BCUT2D eigenvalue weighted by Gasteiger charge is 2.21. The minimum atomic E-state index is -0.349. The number of hydrogen-bond donors (Lipinski definition) is 1. The second-order valence-electron chi connectivity index (χ2n) is 4.19. The highest BCUT2D eigenvalue weighted by atomic mass is 16.5. The lowest BCUT2D eigenvalue weighted by Gasteiger charge is -2.19. The molecule has 106 valence electrons. The van der Waals surface area contributed by atoms with Crippen molar-refractivity contribution in [3.63, 3.8) is 0 Å². The van der Waals surface area contributed by atoms with Crippen molar-refractivity contribution in [2.45, 2.75) is 6.04 Å². The molecule has 0 radical (unpaired) electrons. The van der Waals surface area contributed by atoms with Gasteiger partial charge in [-0.15, -0.1) is 0 Å². The molecule has 5 nitrogen and oxygen atoms in total. The number of benzene rings is 1. The van der Waals surface area contributed by atoms with E-state index in [4.69, 9.17) is 19.9 Å². The Labute approximate surface area is 118 Å². The highest BCUT2D eigenvalue weighted by molar-refractivity contribution is 5.57. The minimum Gasteiger partial charge on any atom is -0.493 e. The second kappa shape index (κ2) is 6.25. The molecule has 1 heterocycles. The molecule has 0 saturated carbocycles. The lowest BCUT2D eigenvalue weighted by atomic mass is 9.99. The monoisotopic (exact) mass is 274 g/mol. The smallest absolute Gasteiger partial charge is 0.203 e. The third-order valence-corrected chi connectivity index (χ3v) is 3.11. The Hall–Kier alpha value is -2.27. The molecule has 0 aliphatic rings. The van der Waals surface area contributed by atoms with Gasteiger partial charge in [-0.3, -0.25) is 4.98 Å². The van der Waals surface area contributed by atoms with Crippen LogP contribution in [0.15, 0.2) is 36.7 Å². The Balaban J connectivity index is 2.51. The van der Waals surface area contributed by atoms with Crippen LogP contribution in [0, 0.1) is 0 Å². The molecule has 1 aromatic heterocycles. The summed E-state index contributed by atoms with van der Waals surface area (Å²) in [5.74, 6) is 1.71. The van der Waals surface area contributed by atoms with Crippen LogP contribution in [-0.4, -0.2) is 26.3 Å². The molecule has 0 saturated heterocycles. The van der Waals surface area contributed by atoms with Crippen LogP contribution < -0.4 is 19.9 Å². The van der Waals surface area contributed by atoms with E-state index in [2.05, 4.69) is 4.98 Å². The Morgan fingerprint density at radius 3 is 2.30 bits per heavy atom. The first kappa shape index (κ1) is 14.1. The number of aromatic nitrogens is 1. The van der Waals surface area contributed by atoms with Crippen LogP contribution in [0.4, 0.5) is 0 Å². The van der Waals surface area contributed by atoms with E-state index in [1.165, 1.54) is 0 Å². The van der Waals surface area contributed by atoms with Crippen LogP contribution >= 0.6 is 0 Å². The molecule has 0 amide bonds. The van der Waals surface area contributed by atoms with E-state index >= 15 is 0 Å². The second-order valence-corrected chi connectivity index (χ2v) is 4.19. The lowest BCUT2D eigenvalue weighted by molar-refractivity contribution is 0.321. The number of ether oxygens (including phenoxy) is 3. The fourth-order valence-corrected chi connectivity index (χ4v) is 2.11. The van der Waals surface area contributed by atoms with Crippen LogP contribution in [0.3, 0.4) is 0 Å². The van der Waals surface area contributed by atoms with E-state index in [9.17, 15) is 0 Å². The van der Waals surface area contributed by atoms with Gasteiger partial charge in [0.15, 0.2) is 11.5 Å². The predicted octanol–water partition coefficient (Wildman–Crippen LogP) is 2.16. The maximum Gasteiger partial charge on any atom is 0.203 e. The largest absolute Gasteiger partial charge is 0.493 e. The summed E-state index contributed by atoms with van der Waals surface area (Å²) in [4.78, 5) is 4.09. The van der Waals surface area contributed by atoms with Gasteiger partial charge in [-0.05, 0) is 23.8 Å². The standard InChI is InChI=1S/C15H18N2O3/c1-18-12-7-6-11(14(19-2)15(12)20-3)13(16)10-5-4-8-17-9-10/h4-9,13H,16H2,1-3H3.